The maximum absolute atomic E-state index is 11.4. The van der Waals surface area contributed by atoms with E-state index in [-0.39, 0.29) is 11.5 Å². The molecular weight excluding hydrogens is 256 g/mol. The Kier molecular flexibility index (Phi) is 3.20. The Hall–Kier alpha value is -2.08. The molecule has 0 saturated carbocycles. The van der Waals surface area contributed by atoms with Crippen molar-refractivity contribution in [2.24, 2.45) is 0 Å². The topological polar surface area (TPSA) is 83.0 Å². The normalized spacial score (nSPS) is 10.4. The van der Waals surface area contributed by atoms with E-state index in [1.54, 1.807) is 18.2 Å². The van der Waals surface area contributed by atoms with Gasteiger partial charge in [-0.2, -0.15) is 4.68 Å². The number of carbonyl (C=O) groups is 1. The monoisotopic (exact) mass is 266 g/mol. The summed E-state index contributed by atoms with van der Waals surface area (Å²) in [5.41, 5.74) is 7.28. The molecule has 0 amide bonds. The van der Waals surface area contributed by atoms with Gasteiger partial charge in [0.25, 0.3) is 0 Å². The average molecular weight is 267 g/mol. The zero-order valence-corrected chi connectivity index (χ0v) is 10.6. The molecule has 1 aromatic heterocycles. The van der Waals surface area contributed by atoms with Crippen LogP contribution < -0.4 is 5.73 Å². The summed E-state index contributed by atoms with van der Waals surface area (Å²) >= 11 is 6.02. The predicted octanol–water partition coefficient (Wildman–Crippen LogP) is 1.60. The summed E-state index contributed by atoms with van der Waals surface area (Å²) in [6, 6.07) is 5.31. The number of halogens is 1. The van der Waals surface area contributed by atoms with Crippen molar-refractivity contribution in [3.63, 3.8) is 0 Å². The van der Waals surface area contributed by atoms with Crippen LogP contribution in [0.25, 0.3) is 5.69 Å². The number of nitrogens with two attached hydrogens (primary N) is 1. The fourth-order valence-corrected chi connectivity index (χ4v) is 1.70. The number of esters is 1. The van der Waals surface area contributed by atoms with Gasteiger partial charge in [0.1, 0.15) is 0 Å². The van der Waals surface area contributed by atoms with Crippen molar-refractivity contribution in [1.29, 1.82) is 0 Å². The Morgan fingerprint density at radius 1 is 1.50 bits per heavy atom. The van der Waals surface area contributed by atoms with Crippen molar-refractivity contribution in [2.45, 2.75) is 6.92 Å². The summed E-state index contributed by atoms with van der Waals surface area (Å²) in [7, 11) is 1.26. The number of rotatable bonds is 2. The molecule has 0 atom stereocenters. The molecule has 0 fully saturated rings. The van der Waals surface area contributed by atoms with Gasteiger partial charge in [-0.05, 0) is 24.6 Å². The Labute approximate surface area is 108 Å². The number of hydrogen-bond donors (Lipinski definition) is 1. The molecule has 0 radical (unpaired) electrons. The van der Waals surface area contributed by atoms with Crippen molar-refractivity contribution in [3.8, 4) is 5.69 Å². The van der Waals surface area contributed by atoms with Crippen LogP contribution in [-0.4, -0.2) is 28.1 Å². The quantitative estimate of drug-likeness (QED) is 0.835. The molecule has 1 aromatic carbocycles. The van der Waals surface area contributed by atoms with Gasteiger partial charge < -0.3 is 10.5 Å². The first kappa shape index (κ1) is 12.4. The van der Waals surface area contributed by atoms with Crippen molar-refractivity contribution in [1.82, 2.24) is 15.0 Å². The summed E-state index contributed by atoms with van der Waals surface area (Å²) < 4.78 is 5.91. The van der Waals surface area contributed by atoms with E-state index in [2.05, 4.69) is 15.0 Å². The minimum Gasteiger partial charge on any atom is -0.464 e. The van der Waals surface area contributed by atoms with Gasteiger partial charge in [0, 0.05) is 5.02 Å². The van der Waals surface area contributed by atoms with E-state index < -0.39 is 5.97 Å². The van der Waals surface area contributed by atoms with Crippen LogP contribution >= 0.6 is 11.6 Å². The highest BCUT2D eigenvalue weighted by Crippen LogP contribution is 2.24. The van der Waals surface area contributed by atoms with Crippen molar-refractivity contribution < 1.29 is 9.53 Å². The van der Waals surface area contributed by atoms with Crippen molar-refractivity contribution in [2.75, 3.05) is 12.8 Å². The molecule has 0 unspecified atom stereocenters. The van der Waals surface area contributed by atoms with E-state index in [0.29, 0.717) is 10.7 Å². The van der Waals surface area contributed by atoms with Crippen LogP contribution in [-0.2, 0) is 4.74 Å². The molecule has 94 valence electrons. The predicted molar refractivity (Wildman–Crippen MR) is 66.9 cm³/mol. The first-order valence-electron chi connectivity index (χ1n) is 5.11. The van der Waals surface area contributed by atoms with Crippen LogP contribution in [0.1, 0.15) is 16.1 Å². The Bertz CT molecular complexity index is 609. The van der Waals surface area contributed by atoms with E-state index >= 15 is 0 Å². The van der Waals surface area contributed by atoms with Crippen LogP contribution in [0, 0.1) is 6.92 Å². The van der Waals surface area contributed by atoms with E-state index in [4.69, 9.17) is 17.3 Å². The third-order valence-electron chi connectivity index (χ3n) is 2.55. The number of nitrogen functional groups attached to an aromatic ring is 1. The van der Waals surface area contributed by atoms with Crippen LogP contribution in [0.3, 0.4) is 0 Å². The van der Waals surface area contributed by atoms with E-state index in [9.17, 15) is 4.79 Å². The fourth-order valence-electron chi connectivity index (χ4n) is 1.53. The standard InChI is InChI=1S/C11H11ClN4O2/c1-6-7(12)4-3-5-8(6)16-10(13)9(14-15-16)11(17)18-2/h3-5H,13H2,1-2H3. The molecule has 0 aliphatic rings. The van der Waals surface area contributed by atoms with Gasteiger partial charge in [-0.3, -0.25) is 0 Å². The molecule has 2 aromatic rings. The second kappa shape index (κ2) is 4.66. The van der Waals surface area contributed by atoms with Gasteiger partial charge in [0.15, 0.2) is 5.82 Å². The number of nitrogens with zero attached hydrogens (tertiary/aromatic N) is 3. The van der Waals surface area contributed by atoms with Crippen molar-refractivity contribution >= 4 is 23.4 Å². The second-order valence-corrected chi connectivity index (χ2v) is 4.02. The van der Waals surface area contributed by atoms with Gasteiger partial charge in [-0.1, -0.05) is 22.9 Å². The second-order valence-electron chi connectivity index (χ2n) is 3.61. The van der Waals surface area contributed by atoms with Gasteiger partial charge >= 0.3 is 5.97 Å². The highest BCUT2D eigenvalue weighted by Gasteiger charge is 2.19. The number of ether oxygens (including phenoxy) is 1. The number of benzene rings is 1. The Morgan fingerprint density at radius 3 is 2.89 bits per heavy atom. The lowest BCUT2D eigenvalue weighted by Crippen LogP contribution is -2.08. The van der Waals surface area contributed by atoms with Crippen LogP contribution in [0.15, 0.2) is 18.2 Å². The molecule has 0 saturated heterocycles. The molecule has 0 bridgehead atoms. The molecule has 2 N–H and O–H groups in total. The van der Waals surface area contributed by atoms with Gasteiger partial charge in [0.2, 0.25) is 5.69 Å². The van der Waals surface area contributed by atoms with E-state index in [1.807, 2.05) is 6.92 Å². The maximum Gasteiger partial charge on any atom is 0.362 e. The Morgan fingerprint density at radius 2 is 2.22 bits per heavy atom. The Balaban J connectivity index is 2.56. The van der Waals surface area contributed by atoms with Crippen LogP contribution in [0.2, 0.25) is 5.02 Å². The minimum atomic E-state index is -0.626. The summed E-state index contributed by atoms with van der Waals surface area (Å²) in [5.74, 6) is -0.509. The molecule has 1 heterocycles. The summed E-state index contributed by atoms with van der Waals surface area (Å²) in [6.07, 6.45) is 0. The maximum atomic E-state index is 11.4. The lowest BCUT2D eigenvalue weighted by atomic mass is 10.2. The highest BCUT2D eigenvalue weighted by molar-refractivity contribution is 6.31. The molecule has 2 rings (SSSR count). The fraction of sp³-hybridized carbons (Fsp3) is 0.182. The minimum absolute atomic E-state index is 0.0168. The number of aromatic nitrogens is 3. The highest BCUT2D eigenvalue weighted by atomic mass is 35.5. The third kappa shape index (κ3) is 1.91. The van der Waals surface area contributed by atoms with Gasteiger partial charge in [-0.15, -0.1) is 5.10 Å². The first-order valence-corrected chi connectivity index (χ1v) is 5.49. The smallest absolute Gasteiger partial charge is 0.362 e. The first-order chi connectivity index (χ1) is 8.56. The third-order valence-corrected chi connectivity index (χ3v) is 2.96. The van der Waals surface area contributed by atoms with Crippen LogP contribution in [0.4, 0.5) is 5.82 Å². The van der Waals surface area contributed by atoms with Crippen molar-refractivity contribution in [3.05, 3.63) is 34.5 Å². The summed E-state index contributed by atoms with van der Waals surface area (Å²) in [5, 5.41) is 8.13. The largest absolute Gasteiger partial charge is 0.464 e. The number of anilines is 1. The van der Waals surface area contributed by atoms with E-state index in [0.717, 1.165) is 5.56 Å². The van der Waals surface area contributed by atoms with Crippen LogP contribution in [0.5, 0.6) is 0 Å². The molecule has 0 aliphatic heterocycles. The number of hydrogen-bond acceptors (Lipinski definition) is 5. The lowest BCUT2D eigenvalue weighted by molar-refractivity contribution is 0.0595. The summed E-state index contributed by atoms with van der Waals surface area (Å²) in [6.45, 7) is 1.83. The molecule has 0 spiro atoms. The number of methoxy groups -OCH3 is 1. The molecular formula is C11H11ClN4O2. The summed E-state index contributed by atoms with van der Waals surface area (Å²) in [4.78, 5) is 11.4. The van der Waals surface area contributed by atoms with Gasteiger partial charge in [-0.25, -0.2) is 4.79 Å². The number of carbonyl (C=O) groups excluding carboxylic acids is 1. The molecule has 18 heavy (non-hydrogen) atoms. The molecule has 0 aliphatic carbocycles. The SMILES string of the molecule is COC(=O)c1nnn(-c2cccc(Cl)c2C)c1N. The van der Waals surface area contributed by atoms with E-state index in [1.165, 1.54) is 11.8 Å². The average Bonchev–Trinajstić information content (AvgIpc) is 2.74. The lowest BCUT2D eigenvalue weighted by Gasteiger charge is -2.07. The zero-order chi connectivity index (χ0) is 13.3. The van der Waals surface area contributed by atoms with Gasteiger partial charge in [0.05, 0.1) is 12.8 Å². The molecule has 7 heteroatoms. The zero-order valence-electron chi connectivity index (χ0n) is 9.85. The molecule has 6 nitrogen and oxygen atoms in total.